The van der Waals surface area contributed by atoms with Crippen LogP contribution in [-0.2, 0) is 21.1 Å². The summed E-state index contributed by atoms with van der Waals surface area (Å²) in [5, 5.41) is 0. The maximum Gasteiger partial charge on any atom is 0.0251 e. The van der Waals surface area contributed by atoms with E-state index in [2.05, 4.69) is 26.4 Å². The normalized spacial score (nSPS) is 51.8. The van der Waals surface area contributed by atoms with Crippen molar-refractivity contribution in [2.75, 3.05) is 0 Å². The maximum atomic E-state index is 3.05. The maximum absolute atomic E-state index is 3.05. The largest absolute Gasteiger partial charge is 0.327 e. The van der Waals surface area contributed by atoms with E-state index in [9.17, 15) is 0 Å². The average Bonchev–Trinajstić information content (AvgIpc) is 3.62. The van der Waals surface area contributed by atoms with Gasteiger partial charge in [0.2, 0.25) is 0 Å². The predicted molar refractivity (Wildman–Crippen MR) is 182 cm³/mol. The Morgan fingerprint density at radius 2 is 0.860 bits per heavy atom. The third-order valence-corrected chi connectivity index (χ3v) is 22.4. The van der Waals surface area contributed by atoms with Crippen LogP contribution in [0.4, 0.5) is 0 Å². The molecule has 15 unspecified atom stereocenters. The minimum Gasteiger partial charge on any atom is -0.327 e. The fourth-order valence-electron chi connectivity index (χ4n) is 16.2. The molecule has 8 aliphatic carbocycles. The predicted octanol–water partition coefficient (Wildman–Crippen LogP) is 12.4. The van der Waals surface area contributed by atoms with Gasteiger partial charge in [-0.1, -0.05) is 122 Å². The van der Waals surface area contributed by atoms with E-state index in [1.165, 1.54) is 6.42 Å². The Morgan fingerprint density at radius 1 is 0.442 bits per heavy atom. The summed E-state index contributed by atoms with van der Waals surface area (Å²) >= 11 is 0. The van der Waals surface area contributed by atoms with Gasteiger partial charge in [0.25, 0.3) is 0 Å². The standard InChI is InChI=1S/C41H69Si.W/c1-27-26-39-35(33-19-9-15-29-13-5-7-17-31(29)33)21-11-23-38(39)41(27)42(2,3)40-25-24-36-34(20-10-22-37(36)40)32-18-8-14-28-12-4-6-16-30(28)32;/h25,27-41H,4-24,26H2,1-3H3;/q-1;. The van der Waals surface area contributed by atoms with E-state index < -0.39 is 8.07 Å². The van der Waals surface area contributed by atoms with E-state index in [4.69, 9.17) is 0 Å². The zero-order chi connectivity index (χ0) is 28.4. The van der Waals surface area contributed by atoms with Crippen LogP contribution in [0.2, 0.25) is 24.2 Å². The van der Waals surface area contributed by atoms with Crippen molar-refractivity contribution in [2.24, 2.45) is 76.9 Å². The summed E-state index contributed by atoms with van der Waals surface area (Å²) in [7, 11) is -1.40. The fraction of sp³-hybridized carbons (Fsp3) is 0.976. The van der Waals surface area contributed by atoms with E-state index in [-0.39, 0.29) is 21.1 Å². The SMILES string of the molecule is CC1CC2C(C3CCCC4CCCCC43)CCCC2C1[Si](C)(C)C1[CH-]CC2C(C3CCCC4CCCCC43)CCCC21.[W]. The van der Waals surface area contributed by atoms with Crippen molar-refractivity contribution in [3.8, 4) is 0 Å². The Kier molecular flexibility index (Phi) is 10.1. The molecule has 0 amide bonds. The number of fused-ring (bicyclic) bond motifs is 4. The second-order valence-corrected chi connectivity index (χ2v) is 24.0. The van der Waals surface area contributed by atoms with Gasteiger partial charge in [0, 0.05) is 29.1 Å². The number of rotatable bonds is 4. The first kappa shape index (κ1) is 32.5. The molecule has 0 aromatic rings. The third kappa shape index (κ3) is 5.73. The molecule has 8 saturated carbocycles. The van der Waals surface area contributed by atoms with Crippen molar-refractivity contribution in [3.63, 3.8) is 0 Å². The average molecular weight is 774 g/mol. The second-order valence-electron chi connectivity index (χ2n) is 19.0. The molecule has 8 rings (SSSR count). The molecule has 0 heterocycles. The summed E-state index contributed by atoms with van der Waals surface area (Å²) in [4.78, 5) is 0. The zero-order valence-electron chi connectivity index (χ0n) is 28.7. The van der Waals surface area contributed by atoms with E-state index in [0.717, 1.165) is 88.0 Å². The summed E-state index contributed by atoms with van der Waals surface area (Å²) in [5.74, 6) is 14.3. The second kappa shape index (κ2) is 13.4. The van der Waals surface area contributed by atoms with Crippen molar-refractivity contribution in [1.82, 2.24) is 0 Å². The Bertz CT molecular complexity index is 925. The summed E-state index contributed by atoms with van der Waals surface area (Å²) in [6.07, 6.45) is 37.9. The zero-order valence-corrected chi connectivity index (χ0v) is 32.6. The molecule has 0 aromatic heterocycles. The molecule has 0 radical (unpaired) electrons. The Hall–Kier alpha value is 0.905. The first-order valence-corrected chi connectivity index (χ1v) is 23.5. The molecule has 0 bridgehead atoms. The Labute approximate surface area is 283 Å². The van der Waals surface area contributed by atoms with Crippen molar-refractivity contribution in [3.05, 3.63) is 6.42 Å². The van der Waals surface area contributed by atoms with Crippen LogP contribution in [0, 0.1) is 83.4 Å². The van der Waals surface area contributed by atoms with Crippen LogP contribution in [0.5, 0.6) is 0 Å². The molecular weight excluding hydrogens is 704 g/mol. The first-order valence-electron chi connectivity index (χ1n) is 20.4. The summed E-state index contributed by atoms with van der Waals surface area (Å²) in [6.45, 7) is 8.70. The van der Waals surface area contributed by atoms with E-state index >= 15 is 0 Å². The fourth-order valence-corrected chi connectivity index (χ4v) is 22.0. The van der Waals surface area contributed by atoms with Gasteiger partial charge in [0.15, 0.2) is 0 Å². The van der Waals surface area contributed by atoms with Crippen LogP contribution in [0.1, 0.15) is 148 Å². The van der Waals surface area contributed by atoms with Crippen LogP contribution in [0.25, 0.3) is 0 Å². The van der Waals surface area contributed by atoms with E-state index in [1.807, 2.05) is 0 Å². The molecule has 0 spiro atoms. The summed E-state index contributed by atoms with van der Waals surface area (Å²) in [5.41, 5.74) is 2.16. The third-order valence-electron chi connectivity index (χ3n) is 17.3. The van der Waals surface area contributed by atoms with Crippen LogP contribution in [0.3, 0.4) is 0 Å². The van der Waals surface area contributed by atoms with Crippen LogP contribution in [-0.4, -0.2) is 8.07 Å². The quantitative estimate of drug-likeness (QED) is 0.197. The van der Waals surface area contributed by atoms with Gasteiger partial charge in [-0.05, 0) is 116 Å². The van der Waals surface area contributed by atoms with Gasteiger partial charge in [-0.3, -0.25) is 0 Å². The smallest absolute Gasteiger partial charge is 0.0251 e. The van der Waals surface area contributed by atoms with Gasteiger partial charge in [-0.15, -0.1) is 0 Å². The molecule has 0 saturated heterocycles. The molecule has 0 nitrogen and oxygen atoms in total. The van der Waals surface area contributed by atoms with Crippen LogP contribution in [0.15, 0.2) is 0 Å². The van der Waals surface area contributed by atoms with Crippen LogP contribution >= 0.6 is 0 Å². The summed E-state index contributed by atoms with van der Waals surface area (Å²) < 4.78 is 0. The minimum absolute atomic E-state index is 0. The molecule has 8 fully saturated rings. The van der Waals surface area contributed by atoms with Gasteiger partial charge >= 0.3 is 0 Å². The van der Waals surface area contributed by atoms with E-state index in [0.29, 0.717) is 0 Å². The molecular formula is C41H69SiW-. The number of hydrogen-bond donors (Lipinski definition) is 0. The van der Waals surface area contributed by atoms with Gasteiger partial charge in [0.1, 0.15) is 0 Å². The molecule has 0 aromatic carbocycles. The summed E-state index contributed by atoms with van der Waals surface area (Å²) in [6, 6.07) is 0. The van der Waals surface area contributed by atoms with Gasteiger partial charge < -0.3 is 6.42 Å². The van der Waals surface area contributed by atoms with Crippen LogP contribution < -0.4 is 0 Å². The molecule has 15 atom stereocenters. The van der Waals surface area contributed by atoms with Crippen molar-refractivity contribution in [1.29, 1.82) is 0 Å². The molecule has 43 heavy (non-hydrogen) atoms. The molecule has 0 aliphatic heterocycles. The van der Waals surface area contributed by atoms with E-state index in [1.54, 1.807) is 135 Å². The van der Waals surface area contributed by atoms with Crippen molar-refractivity contribution < 1.29 is 21.1 Å². The Balaban J connectivity index is 0.00000300. The van der Waals surface area contributed by atoms with Crippen molar-refractivity contribution >= 4 is 8.07 Å². The molecule has 244 valence electrons. The van der Waals surface area contributed by atoms with Gasteiger partial charge in [-0.2, -0.15) is 12.0 Å². The topological polar surface area (TPSA) is 0 Å². The van der Waals surface area contributed by atoms with Gasteiger partial charge in [-0.25, -0.2) is 0 Å². The first-order chi connectivity index (χ1) is 20.5. The molecule has 8 aliphatic rings. The molecule has 0 N–H and O–H groups in total. The molecule has 2 heteroatoms. The monoisotopic (exact) mass is 773 g/mol. The van der Waals surface area contributed by atoms with Crippen molar-refractivity contribution in [2.45, 2.75) is 172 Å². The minimum atomic E-state index is -1.40. The Morgan fingerprint density at radius 3 is 1.47 bits per heavy atom. The number of hydrogen-bond acceptors (Lipinski definition) is 0. The van der Waals surface area contributed by atoms with Gasteiger partial charge in [0.05, 0.1) is 0 Å².